The number of fused-ring (bicyclic) bond motifs is 3. The Bertz CT molecular complexity index is 1040. The summed E-state index contributed by atoms with van der Waals surface area (Å²) in [5.41, 5.74) is 0.940. The van der Waals surface area contributed by atoms with E-state index in [2.05, 4.69) is 21.6 Å². The van der Waals surface area contributed by atoms with Crippen LogP contribution in [0, 0.1) is 5.92 Å². The zero-order chi connectivity index (χ0) is 20.5. The molecule has 1 atom stereocenters. The molecular formula is C19H21N3O6S. The van der Waals surface area contributed by atoms with Gasteiger partial charge in [0, 0.05) is 11.3 Å². The van der Waals surface area contributed by atoms with Crippen molar-refractivity contribution in [2.75, 3.05) is 19.8 Å². The van der Waals surface area contributed by atoms with Gasteiger partial charge in [-0.15, -0.1) is 11.3 Å². The first-order chi connectivity index (χ1) is 13.9. The number of cyclic esters (lactones) is 1. The fraction of sp³-hybridized carbons (Fsp3) is 0.526. The van der Waals surface area contributed by atoms with Crippen molar-refractivity contribution in [2.45, 2.75) is 39.0 Å². The summed E-state index contributed by atoms with van der Waals surface area (Å²) in [7, 11) is 0. The first-order valence-corrected chi connectivity index (χ1v) is 10.4. The molecule has 154 valence electrons. The topological polar surface area (TPSA) is 119 Å². The molecule has 0 bridgehead atoms. The summed E-state index contributed by atoms with van der Waals surface area (Å²) < 4.78 is 9.59. The Morgan fingerprint density at radius 3 is 2.97 bits per heavy atom. The number of hydrogen-bond donors (Lipinski definition) is 1. The van der Waals surface area contributed by atoms with Crippen molar-refractivity contribution in [3.8, 4) is 0 Å². The largest absolute Gasteiger partial charge is 0.456 e. The van der Waals surface area contributed by atoms with Crippen molar-refractivity contribution in [1.29, 1.82) is 0 Å². The van der Waals surface area contributed by atoms with E-state index in [1.54, 1.807) is 11.3 Å². The minimum Gasteiger partial charge on any atom is -0.456 e. The van der Waals surface area contributed by atoms with Crippen molar-refractivity contribution in [3.05, 3.63) is 26.6 Å². The lowest BCUT2D eigenvalue weighted by Crippen LogP contribution is -2.35. The molecule has 0 saturated carbocycles. The molecule has 1 saturated heterocycles. The second-order valence-corrected chi connectivity index (χ2v) is 8.45. The molecule has 0 radical (unpaired) electrons. The summed E-state index contributed by atoms with van der Waals surface area (Å²) in [6.07, 6.45) is 2.37. The predicted octanol–water partition coefficient (Wildman–Crippen LogP) is 1.56. The Kier molecular flexibility index (Phi) is 5.35. The average molecular weight is 419 g/mol. The van der Waals surface area contributed by atoms with Gasteiger partial charge in [0.15, 0.2) is 6.61 Å². The third-order valence-electron chi connectivity index (χ3n) is 5.20. The van der Waals surface area contributed by atoms with Gasteiger partial charge in [-0.05, 0) is 30.7 Å². The number of carbonyl (C=O) groups excluding carboxylic acids is 3. The van der Waals surface area contributed by atoms with Gasteiger partial charge in [0.2, 0.25) is 0 Å². The molecule has 0 aromatic carbocycles. The first-order valence-electron chi connectivity index (χ1n) is 9.58. The maximum atomic E-state index is 12.6. The van der Waals surface area contributed by atoms with E-state index in [1.807, 2.05) is 0 Å². The molecule has 1 N–H and O–H groups in total. The Labute approximate surface area is 170 Å². The Balaban J connectivity index is 1.37. The number of H-pyrrole nitrogens is 1. The van der Waals surface area contributed by atoms with Crippen LogP contribution in [0.3, 0.4) is 0 Å². The molecule has 1 aliphatic carbocycles. The van der Waals surface area contributed by atoms with E-state index >= 15 is 0 Å². The highest BCUT2D eigenvalue weighted by molar-refractivity contribution is 7.18. The van der Waals surface area contributed by atoms with Crippen LogP contribution in [0.2, 0.25) is 0 Å². The molecule has 0 unspecified atom stereocenters. The van der Waals surface area contributed by atoms with E-state index in [9.17, 15) is 19.2 Å². The van der Waals surface area contributed by atoms with Crippen molar-refractivity contribution in [1.82, 2.24) is 14.9 Å². The third-order valence-corrected chi connectivity index (χ3v) is 6.35. The number of carbonyl (C=O) groups is 3. The van der Waals surface area contributed by atoms with Gasteiger partial charge in [-0.25, -0.2) is 14.7 Å². The summed E-state index contributed by atoms with van der Waals surface area (Å²) in [5, 5.41) is 0.673. The number of thiophene rings is 1. The second kappa shape index (κ2) is 7.94. The van der Waals surface area contributed by atoms with Gasteiger partial charge in [0.05, 0.1) is 18.4 Å². The van der Waals surface area contributed by atoms with E-state index in [0.717, 1.165) is 29.7 Å². The van der Waals surface area contributed by atoms with Gasteiger partial charge >= 0.3 is 12.1 Å². The lowest BCUT2D eigenvalue weighted by atomic mass is 9.89. The van der Waals surface area contributed by atoms with Gasteiger partial charge in [-0.3, -0.25) is 14.4 Å². The van der Waals surface area contributed by atoms with Crippen LogP contribution in [0.4, 0.5) is 4.79 Å². The number of esters is 1. The Morgan fingerprint density at radius 2 is 2.21 bits per heavy atom. The van der Waals surface area contributed by atoms with E-state index in [0.29, 0.717) is 22.0 Å². The molecule has 0 spiro atoms. The highest BCUT2D eigenvalue weighted by atomic mass is 32.1. The normalized spacial score (nSPS) is 18.6. The third kappa shape index (κ3) is 4.02. The fourth-order valence-corrected chi connectivity index (χ4v) is 5.05. The number of aryl methyl sites for hydroxylation is 2. The number of nitrogens with zero attached hydrogens (tertiary/aromatic N) is 2. The molecule has 10 heteroatoms. The van der Waals surface area contributed by atoms with Crippen LogP contribution < -0.4 is 5.56 Å². The van der Waals surface area contributed by atoms with Gasteiger partial charge < -0.3 is 14.5 Å². The number of ether oxygens (including phenoxy) is 2. The predicted molar refractivity (Wildman–Crippen MR) is 104 cm³/mol. The van der Waals surface area contributed by atoms with E-state index in [4.69, 9.17) is 4.74 Å². The summed E-state index contributed by atoms with van der Waals surface area (Å²) in [5.74, 6) is -0.199. The van der Waals surface area contributed by atoms with Crippen LogP contribution in [-0.2, 0) is 38.3 Å². The van der Waals surface area contributed by atoms with Crippen LogP contribution in [0.1, 0.15) is 36.0 Å². The standard InChI is InChI=1S/C19H21N3O6S/c1-10-2-3-11-12(8-10)29-18-16(11)17(25)20-13(21-18)4-5-15(24)28-9-14(23)22-6-7-27-19(22)26/h10H,2-9H2,1H3,(H,20,21,25)/t10-/m1/s1. The van der Waals surface area contributed by atoms with E-state index in [1.165, 1.54) is 4.88 Å². The molecule has 2 aliphatic rings. The fourth-order valence-electron chi connectivity index (χ4n) is 3.64. The lowest BCUT2D eigenvalue weighted by molar-refractivity contribution is -0.150. The van der Waals surface area contributed by atoms with E-state index in [-0.39, 0.29) is 31.6 Å². The first kappa shape index (κ1) is 19.6. The highest BCUT2D eigenvalue weighted by Gasteiger charge is 2.29. The van der Waals surface area contributed by atoms with Gasteiger partial charge in [0.25, 0.3) is 11.5 Å². The SMILES string of the molecule is C[C@@H]1CCc2c(sc3nc(CCC(=O)OCC(=O)N4CCOC4=O)[nH]c(=O)c23)C1. The minimum atomic E-state index is -0.728. The quantitative estimate of drug-likeness (QED) is 0.731. The highest BCUT2D eigenvalue weighted by Crippen LogP contribution is 2.35. The van der Waals surface area contributed by atoms with Crippen LogP contribution in [0.5, 0.6) is 0 Å². The van der Waals surface area contributed by atoms with Crippen molar-refractivity contribution in [2.24, 2.45) is 5.92 Å². The van der Waals surface area contributed by atoms with Crippen molar-refractivity contribution >= 4 is 39.5 Å². The zero-order valence-corrected chi connectivity index (χ0v) is 16.8. The van der Waals surface area contributed by atoms with Crippen molar-refractivity contribution < 1.29 is 23.9 Å². The van der Waals surface area contributed by atoms with Gasteiger partial charge in [0.1, 0.15) is 17.3 Å². The number of aromatic nitrogens is 2. The number of amides is 2. The maximum absolute atomic E-state index is 12.6. The Hall–Kier alpha value is -2.75. The van der Waals surface area contributed by atoms with Crippen LogP contribution in [0.15, 0.2) is 4.79 Å². The zero-order valence-electron chi connectivity index (χ0n) is 16.0. The number of imide groups is 1. The molecule has 1 aliphatic heterocycles. The summed E-state index contributed by atoms with van der Waals surface area (Å²) in [4.78, 5) is 57.8. The number of hydrogen-bond acceptors (Lipinski definition) is 8. The molecule has 2 amide bonds. The van der Waals surface area contributed by atoms with Crippen LogP contribution in [-0.4, -0.2) is 52.6 Å². The number of rotatable bonds is 5. The smallest absolute Gasteiger partial charge is 0.416 e. The van der Waals surface area contributed by atoms with Gasteiger partial charge in [-0.1, -0.05) is 6.92 Å². The molecule has 1 fully saturated rings. The summed E-state index contributed by atoms with van der Waals surface area (Å²) in [6.45, 7) is 1.99. The van der Waals surface area contributed by atoms with Gasteiger partial charge in [-0.2, -0.15) is 0 Å². The molecule has 3 heterocycles. The molecular weight excluding hydrogens is 398 g/mol. The summed E-state index contributed by atoms with van der Waals surface area (Å²) in [6, 6.07) is 0. The second-order valence-electron chi connectivity index (χ2n) is 7.36. The average Bonchev–Trinajstić information content (AvgIpc) is 3.27. The monoisotopic (exact) mass is 419 g/mol. The Morgan fingerprint density at radius 1 is 1.38 bits per heavy atom. The lowest BCUT2D eigenvalue weighted by Gasteiger charge is -2.17. The number of nitrogens with one attached hydrogen (secondary N) is 1. The number of aromatic amines is 1. The molecule has 2 aromatic heterocycles. The van der Waals surface area contributed by atoms with Crippen LogP contribution >= 0.6 is 11.3 Å². The molecule has 2 aromatic rings. The molecule has 4 rings (SSSR count). The summed E-state index contributed by atoms with van der Waals surface area (Å²) >= 11 is 1.55. The molecule has 29 heavy (non-hydrogen) atoms. The molecule has 9 nitrogen and oxygen atoms in total. The van der Waals surface area contributed by atoms with Crippen LogP contribution in [0.25, 0.3) is 10.2 Å². The van der Waals surface area contributed by atoms with E-state index < -0.39 is 24.6 Å². The minimum absolute atomic E-state index is 0.0334. The maximum Gasteiger partial charge on any atom is 0.416 e. The van der Waals surface area contributed by atoms with Crippen molar-refractivity contribution in [3.63, 3.8) is 0 Å².